The predicted octanol–water partition coefficient (Wildman–Crippen LogP) is 3.22. The van der Waals surface area contributed by atoms with Gasteiger partial charge in [0.25, 0.3) is 5.91 Å². The van der Waals surface area contributed by atoms with Crippen molar-refractivity contribution in [1.29, 1.82) is 0 Å². The summed E-state index contributed by atoms with van der Waals surface area (Å²) in [5.74, 6) is 0.614. The van der Waals surface area contributed by atoms with Crippen molar-refractivity contribution in [2.75, 3.05) is 20.6 Å². The number of likely N-dealkylation sites (N-methyl/N-ethyl adjacent to an activating group) is 1. The van der Waals surface area contributed by atoms with Gasteiger partial charge in [0, 0.05) is 5.56 Å². The molecule has 0 saturated carbocycles. The Morgan fingerprint density at radius 3 is 2.42 bits per heavy atom. The second-order valence-corrected chi connectivity index (χ2v) is 6.90. The number of furan rings is 1. The maximum atomic E-state index is 12.7. The average Bonchev–Trinajstić information content (AvgIpc) is 3.12. The molecule has 0 bridgehead atoms. The molecule has 26 heavy (non-hydrogen) atoms. The van der Waals surface area contributed by atoms with Gasteiger partial charge in [-0.3, -0.25) is 4.79 Å². The molecule has 1 heterocycles. The van der Waals surface area contributed by atoms with Crippen LogP contribution in [0.3, 0.4) is 0 Å². The summed E-state index contributed by atoms with van der Waals surface area (Å²) in [5.41, 5.74) is 1.84. The van der Waals surface area contributed by atoms with Gasteiger partial charge in [-0.1, -0.05) is 54.1 Å². The Morgan fingerprint density at radius 1 is 1.04 bits per heavy atom. The lowest BCUT2D eigenvalue weighted by molar-refractivity contribution is -0.860. The summed E-state index contributed by atoms with van der Waals surface area (Å²) in [7, 11) is 4.12. The molecule has 3 aromatic rings. The normalized spacial score (nSPS) is 12.2. The van der Waals surface area contributed by atoms with Crippen molar-refractivity contribution in [2.45, 2.75) is 6.04 Å². The zero-order chi connectivity index (χ0) is 18.5. The molecule has 0 radical (unpaired) electrons. The SMILES string of the molecule is C[NH+](C)C[C@H](NC(=O)c1ccc(-c2ccccc2Cl)o1)c1ccccc1. The van der Waals surface area contributed by atoms with Crippen LogP contribution in [0.4, 0.5) is 0 Å². The van der Waals surface area contributed by atoms with Crippen LogP contribution >= 0.6 is 11.6 Å². The number of hydrogen-bond acceptors (Lipinski definition) is 2. The van der Waals surface area contributed by atoms with Crippen molar-refractivity contribution in [1.82, 2.24) is 5.32 Å². The quantitative estimate of drug-likeness (QED) is 0.700. The molecule has 3 rings (SSSR count). The third kappa shape index (κ3) is 4.34. The fourth-order valence-corrected chi connectivity index (χ4v) is 3.07. The van der Waals surface area contributed by atoms with Gasteiger partial charge in [0.1, 0.15) is 18.3 Å². The Kier molecular flexibility index (Phi) is 5.76. The van der Waals surface area contributed by atoms with Crippen LogP contribution in [0, 0.1) is 0 Å². The number of amides is 1. The third-order valence-electron chi connectivity index (χ3n) is 4.09. The summed E-state index contributed by atoms with van der Waals surface area (Å²) in [4.78, 5) is 13.9. The number of nitrogens with one attached hydrogen (secondary N) is 2. The first kappa shape index (κ1) is 18.2. The van der Waals surface area contributed by atoms with Crippen molar-refractivity contribution in [3.63, 3.8) is 0 Å². The van der Waals surface area contributed by atoms with Crippen molar-refractivity contribution in [3.8, 4) is 11.3 Å². The topological polar surface area (TPSA) is 46.7 Å². The van der Waals surface area contributed by atoms with E-state index >= 15 is 0 Å². The van der Waals surface area contributed by atoms with Crippen molar-refractivity contribution in [3.05, 3.63) is 83.1 Å². The molecule has 5 heteroatoms. The van der Waals surface area contributed by atoms with Crippen LogP contribution in [-0.4, -0.2) is 26.5 Å². The monoisotopic (exact) mass is 369 g/mol. The van der Waals surface area contributed by atoms with Crippen LogP contribution in [0.1, 0.15) is 22.2 Å². The van der Waals surface area contributed by atoms with E-state index in [9.17, 15) is 4.79 Å². The highest BCUT2D eigenvalue weighted by Gasteiger charge is 2.21. The van der Waals surface area contributed by atoms with Gasteiger partial charge in [0.05, 0.1) is 19.1 Å². The molecule has 0 aliphatic heterocycles. The van der Waals surface area contributed by atoms with Gasteiger partial charge in [-0.15, -0.1) is 0 Å². The molecular weight excluding hydrogens is 348 g/mol. The second kappa shape index (κ2) is 8.21. The molecule has 4 nitrogen and oxygen atoms in total. The smallest absolute Gasteiger partial charge is 0.287 e. The van der Waals surface area contributed by atoms with Crippen LogP contribution in [0.15, 0.2) is 71.1 Å². The summed E-state index contributed by atoms with van der Waals surface area (Å²) in [5, 5.41) is 3.66. The Hall–Kier alpha value is -2.56. The first-order valence-corrected chi connectivity index (χ1v) is 8.92. The summed E-state index contributed by atoms with van der Waals surface area (Å²) < 4.78 is 5.75. The lowest BCUT2D eigenvalue weighted by Gasteiger charge is -2.20. The van der Waals surface area contributed by atoms with Crippen LogP contribution < -0.4 is 10.2 Å². The standard InChI is InChI=1S/C21H21ClN2O2/c1-24(2)14-18(15-8-4-3-5-9-15)23-21(25)20-13-12-19(26-20)16-10-6-7-11-17(16)22/h3-13,18H,14H2,1-2H3,(H,23,25)/p+1/t18-/m0/s1. The molecule has 1 amide bonds. The molecular formula is C21H22ClN2O2+. The predicted molar refractivity (Wildman–Crippen MR) is 103 cm³/mol. The molecule has 2 aromatic carbocycles. The van der Waals surface area contributed by atoms with Crippen LogP contribution in [0.25, 0.3) is 11.3 Å². The van der Waals surface area contributed by atoms with Crippen molar-refractivity contribution < 1.29 is 14.1 Å². The Balaban J connectivity index is 1.79. The fourth-order valence-electron chi connectivity index (χ4n) is 2.84. The van der Waals surface area contributed by atoms with E-state index in [0.717, 1.165) is 17.7 Å². The van der Waals surface area contributed by atoms with E-state index in [2.05, 4.69) is 19.4 Å². The van der Waals surface area contributed by atoms with E-state index in [1.165, 1.54) is 4.90 Å². The molecule has 0 unspecified atom stereocenters. The van der Waals surface area contributed by atoms with E-state index < -0.39 is 0 Å². The number of rotatable bonds is 6. The number of carbonyl (C=O) groups excluding carboxylic acids is 1. The van der Waals surface area contributed by atoms with E-state index in [1.807, 2.05) is 48.5 Å². The molecule has 0 fully saturated rings. The average molecular weight is 370 g/mol. The molecule has 2 N–H and O–H groups in total. The Morgan fingerprint density at radius 2 is 1.73 bits per heavy atom. The Labute approximate surface area is 158 Å². The van der Waals surface area contributed by atoms with Gasteiger partial charge in [0.15, 0.2) is 5.76 Å². The minimum atomic E-state index is -0.238. The highest BCUT2D eigenvalue weighted by Crippen LogP contribution is 2.29. The van der Waals surface area contributed by atoms with E-state index in [4.69, 9.17) is 16.0 Å². The highest BCUT2D eigenvalue weighted by molar-refractivity contribution is 6.33. The maximum absolute atomic E-state index is 12.7. The van der Waals surface area contributed by atoms with Gasteiger partial charge >= 0.3 is 0 Å². The second-order valence-electron chi connectivity index (χ2n) is 6.49. The van der Waals surface area contributed by atoms with E-state index in [-0.39, 0.29) is 17.7 Å². The zero-order valence-corrected chi connectivity index (χ0v) is 15.6. The van der Waals surface area contributed by atoms with Gasteiger partial charge in [-0.25, -0.2) is 0 Å². The largest absolute Gasteiger partial charge is 0.451 e. The molecule has 1 atom stereocenters. The number of carbonyl (C=O) groups is 1. The lowest BCUT2D eigenvalue weighted by Crippen LogP contribution is -3.06. The van der Waals surface area contributed by atoms with Gasteiger partial charge in [-0.05, 0) is 29.8 Å². The van der Waals surface area contributed by atoms with Crippen LogP contribution in [0.2, 0.25) is 5.02 Å². The summed E-state index contributed by atoms with van der Waals surface area (Å²) in [6, 6.07) is 20.7. The number of quaternary nitrogens is 1. The summed E-state index contributed by atoms with van der Waals surface area (Å²) in [6.07, 6.45) is 0. The van der Waals surface area contributed by atoms with E-state index in [1.54, 1.807) is 18.2 Å². The molecule has 0 aliphatic rings. The molecule has 134 valence electrons. The van der Waals surface area contributed by atoms with E-state index in [0.29, 0.717) is 10.8 Å². The van der Waals surface area contributed by atoms with Gasteiger partial charge in [-0.2, -0.15) is 0 Å². The zero-order valence-electron chi connectivity index (χ0n) is 14.8. The molecule has 0 spiro atoms. The molecule has 0 aliphatic carbocycles. The van der Waals surface area contributed by atoms with Gasteiger partial charge < -0.3 is 14.6 Å². The molecule has 0 saturated heterocycles. The Bertz CT molecular complexity index is 874. The lowest BCUT2D eigenvalue weighted by atomic mass is 10.1. The third-order valence-corrected chi connectivity index (χ3v) is 4.42. The number of hydrogen-bond donors (Lipinski definition) is 2. The summed E-state index contributed by atoms with van der Waals surface area (Å²) in [6.45, 7) is 0.772. The van der Waals surface area contributed by atoms with Gasteiger partial charge in [0.2, 0.25) is 0 Å². The highest BCUT2D eigenvalue weighted by atomic mass is 35.5. The first-order chi connectivity index (χ1) is 12.5. The van der Waals surface area contributed by atoms with Crippen LogP contribution in [0.5, 0.6) is 0 Å². The first-order valence-electron chi connectivity index (χ1n) is 8.54. The number of benzene rings is 2. The fraction of sp³-hybridized carbons (Fsp3) is 0.190. The minimum Gasteiger partial charge on any atom is -0.451 e. The minimum absolute atomic E-state index is 0.0948. The van der Waals surface area contributed by atoms with Crippen molar-refractivity contribution in [2.24, 2.45) is 0 Å². The summed E-state index contributed by atoms with van der Waals surface area (Å²) >= 11 is 6.21. The van der Waals surface area contributed by atoms with Crippen molar-refractivity contribution >= 4 is 17.5 Å². The molecule has 1 aromatic heterocycles. The maximum Gasteiger partial charge on any atom is 0.287 e. The van der Waals surface area contributed by atoms with Crippen LogP contribution in [-0.2, 0) is 0 Å². The number of halogens is 1.